The Bertz CT molecular complexity index is 1670. The van der Waals surface area contributed by atoms with Gasteiger partial charge in [-0.1, -0.05) is 46.8 Å². The molecule has 0 saturated carbocycles. The van der Waals surface area contributed by atoms with Crippen molar-refractivity contribution in [2.45, 2.75) is 30.0 Å². The Morgan fingerprint density at radius 3 is 2.55 bits per heavy atom. The lowest BCUT2D eigenvalue weighted by molar-refractivity contribution is -0.117. The average Bonchev–Trinajstić information content (AvgIpc) is 3.60. The van der Waals surface area contributed by atoms with Crippen molar-refractivity contribution in [2.75, 3.05) is 12.0 Å². The molecule has 0 radical (unpaired) electrons. The second-order valence-corrected chi connectivity index (χ2v) is 13.3. The minimum Gasteiger partial charge on any atom is -0.503 e. The van der Waals surface area contributed by atoms with Gasteiger partial charge in [-0.25, -0.2) is 4.98 Å². The second-order valence-electron chi connectivity index (χ2n) is 8.64. The van der Waals surface area contributed by atoms with Gasteiger partial charge in [-0.15, -0.1) is 21.5 Å². The number of benzene rings is 2. The van der Waals surface area contributed by atoms with E-state index in [-0.39, 0.29) is 26.7 Å². The molecule has 2 aromatic carbocycles. The van der Waals surface area contributed by atoms with E-state index in [0.29, 0.717) is 36.3 Å². The van der Waals surface area contributed by atoms with Crippen LogP contribution >= 0.6 is 62.0 Å². The van der Waals surface area contributed by atoms with Crippen molar-refractivity contribution in [3.63, 3.8) is 0 Å². The van der Waals surface area contributed by atoms with Gasteiger partial charge in [0.25, 0.3) is 5.91 Å². The van der Waals surface area contributed by atoms with Gasteiger partial charge >= 0.3 is 0 Å². The van der Waals surface area contributed by atoms with E-state index in [9.17, 15) is 19.8 Å². The van der Waals surface area contributed by atoms with Gasteiger partial charge in [0, 0.05) is 10.8 Å². The fourth-order valence-electron chi connectivity index (χ4n) is 4.21. The third-order valence-electron chi connectivity index (χ3n) is 6.03. The van der Waals surface area contributed by atoms with E-state index in [2.05, 4.69) is 31.1 Å². The number of rotatable bonds is 8. The number of carbonyl (C=O) groups excluding carboxylic acids is 2. The summed E-state index contributed by atoms with van der Waals surface area (Å²) in [5.74, 6) is -1.42. The number of phenolic OH excluding ortho intramolecular Hbond substituents is 1. The minimum absolute atomic E-state index is 0.122. The Kier molecular flexibility index (Phi) is 8.20. The number of nitrogens with zero attached hydrogens (tertiary/aromatic N) is 4. The molecule has 9 nitrogen and oxygen atoms in total. The largest absolute Gasteiger partial charge is 0.503 e. The lowest BCUT2D eigenvalue weighted by Crippen LogP contribution is -2.31. The van der Waals surface area contributed by atoms with Crippen LogP contribution in [0.4, 0.5) is 5.13 Å². The number of thiazole rings is 1. The molecule has 1 aliphatic heterocycles. The number of aliphatic hydroxyl groups is 1. The van der Waals surface area contributed by atoms with E-state index in [1.165, 1.54) is 41.2 Å². The third kappa shape index (κ3) is 5.36. The molecule has 14 heteroatoms. The lowest BCUT2D eigenvalue weighted by atomic mass is 9.95. The van der Waals surface area contributed by atoms with Crippen LogP contribution in [0.1, 0.15) is 37.5 Å². The maximum absolute atomic E-state index is 13.8. The Hall–Kier alpha value is -2.97. The summed E-state index contributed by atoms with van der Waals surface area (Å²) in [6.45, 7) is 3.48. The molecule has 1 unspecified atom stereocenters. The summed E-state index contributed by atoms with van der Waals surface area (Å²) in [6, 6.07) is 9.44. The highest BCUT2D eigenvalue weighted by Crippen LogP contribution is 2.47. The summed E-state index contributed by atoms with van der Waals surface area (Å²) in [5.41, 5.74) is 1.82. The number of hydrogen-bond acceptors (Lipinski definition) is 11. The van der Waals surface area contributed by atoms with E-state index in [1.807, 2.05) is 12.1 Å². The van der Waals surface area contributed by atoms with Crippen molar-refractivity contribution in [1.29, 1.82) is 0 Å². The number of aryl methyl sites for hydroxylation is 2. The van der Waals surface area contributed by atoms with Crippen LogP contribution in [-0.4, -0.2) is 44.2 Å². The second kappa shape index (κ2) is 11.5. The predicted molar refractivity (Wildman–Crippen MR) is 159 cm³/mol. The molecule has 2 aromatic heterocycles. The molecule has 0 spiro atoms. The number of aromatic hydroxyl groups is 1. The molecule has 3 heterocycles. The summed E-state index contributed by atoms with van der Waals surface area (Å²) in [7, 11) is 1.39. The number of amides is 1. The highest BCUT2D eigenvalue weighted by Gasteiger charge is 2.47. The number of thioether (sulfide) groups is 1. The number of hydrogen-bond donors (Lipinski definition) is 2. The van der Waals surface area contributed by atoms with Crippen LogP contribution in [0.25, 0.3) is 0 Å². The van der Waals surface area contributed by atoms with Crippen LogP contribution in [0.15, 0.2) is 56.5 Å². The van der Waals surface area contributed by atoms with E-state index < -0.39 is 23.5 Å². The van der Waals surface area contributed by atoms with Crippen LogP contribution in [0.2, 0.25) is 5.02 Å². The quantitative estimate of drug-likeness (QED) is 0.117. The summed E-state index contributed by atoms with van der Waals surface area (Å²) in [4.78, 5) is 33.3. The zero-order chi connectivity index (χ0) is 28.7. The van der Waals surface area contributed by atoms with Gasteiger partial charge in [-0.05, 0) is 65.2 Å². The molecule has 0 fully saturated rings. The number of ketones is 1. The van der Waals surface area contributed by atoms with Gasteiger partial charge in [0.15, 0.2) is 21.6 Å². The van der Waals surface area contributed by atoms with Crippen molar-refractivity contribution in [1.82, 2.24) is 15.2 Å². The fourth-order valence-corrected chi connectivity index (χ4v) is 7.49. The Morgan fingerprint density at radius 2 is 1.90 bits per heavy atom. The number of halogens is 2. The molecule has 0 bridgehead atoms. The van der Waals surface area contributed by atoms with Crippen molar-refractivity contribution >= 4 is 78.8 Å². The van der Waals surface area contributed by atoms with E-state index >= 15 is 0 Å². The number of anilines is 1. The first kappa shape index (κ1) is 28.6. The van der Waals surface area contributed by atoms with Gasteiger partial charge < -0.3 is 14.9 Å². The standard InChI is InChI=1S/C26H20BrClN4O5S3/c1-11-23(39-12(2)29-11)21(34)18-19(14-8-16(27)20(33)17(9-14)37-3)32(24(36)22(18)35)25-30-31-26(40-25)38-10-13-4-6-15(28)7-5-13/h4-9,19,33,35H,10H2,1-3H3. The lowest BCUT2D eigenvalue weighted by Gasteiger charge is -2.24. The maximum atomic E-state index is 13.8. The molecule has 0 aliphatic carbocycles. The number of methoxy groups -OCH3 is 1. The first-order valence-electron chi connectivity index (χ1n) is 11.6. The molecular formula is C26H20BrClN4O5S3. The van der Waals surface area contributed by atoms with E-state index in [4.69, 9.17) is 16.3 Å². The summed E-state index contributed by atoms with van der Waals surface area (Å²) >= 11 is 13.1. The van der Waals surface area contributed by atoms with Crippen LogP contribution in [0, 0.1) is 13.8 Å². The molecule has 2 N–H and O–H groups in total. The number of carbonyl (C=O) groups is 2. The molecule has 1 amide bonds. The van der Waals surface area contributed by atoms with Crippen LogP contribution in [0.5, 0.6) is 11.5 Å². The molecular weight excluding hydrogens is 660 g/mol. The molecule has 5 rings (SSSR count). The number of Topliss-reactive ketones (excluding diaryl/α,β-unsaturated/α-hetero) is 1. The smallest absolute Gasteiger partial charge is 0.296 e. The molecule has 1 aliphatic rings. The van der Waals surface area contributed by atoms with Crippen LogP contribution in [-0.2, 0) is 10.5 Å². The van der Waals surface area contributed by atoms with Crippen molar-refractivity contribution in [2.24, 2.45) is 0 Å². The van der Waals surface area contributed by atoms with E-state index in [0.717, 1.165) is 16.9 Å². The van der Waals surface area contributed by atoms with Crippen molar-refractivity contribution in [3.05, 3.63) is 83.9 Å². The minimum atomic E-state index is -1.07. The predicted octanol–water partition coefficient (Wildman–Crippen LogP) is 6.82. The van der Waals surface area contributed by atoms with E-state index in [1.54, 1.807) is 32.0 Å². The Labute approximate surface area is 254 Å². The molecule has 4 aromatic rings. The molecule has 206 valence electrons. The number of aliphatic hydroxyl groups excluding tert-OH is 1. The molecule has 1 atom stereocenters. The summed E-state index contributed by atoms with van der Waals surface area (Å²) in [6.07, 6.45) is 0. The normalized spacial score (nSPS) is 15.3. The van der Waals surface area contributed by atoms with Gasteiger partial charge in [-0.2, -0.15) is 0 Å². The monoisotopic (exact) mass is 678 g/mol. The van der Waals surface area contributed by atoms with Gasteiger partial charge in [0.1, 0.15) is 0 Å². The van der Waals surface area contributed by atoms with Crippen LogP contribution < -0.4 is 9.64 Å². The first-order valence-corrected chi connectivity index (χ1v) is 15.4. The Morgan fingerprint density at radius 1 is 1.18 bits per heavy atom. The average molecular weight is 680 g/mol. The van der Waals surface area contributed by atoms with Gasteiger partial charge in [-0.3, -0.25) is 14.5 Å². The van der Waals surface area contributed by atoms with Gasteiger partial charge in [0.05, 0.1) is 38.8 Å². The highest BCUT2D eigenvalue weighted by molar-refractivity contribution is 9.10. The number of aromatic nitrogens is 3. The topological polar surface area (TPSA) is 126 Å². The molecule has 0 saturated heterocycles. The third-order valence-corrected chi connectivity index (χ3v) is 10.1. The SMILES string of the molecule is COc1cc(C2C(C(=O)c3sc(C)nc3C)=C(O)C(=O)N2c2nnc(SCc3ccc(Cl)cc3)s2)cc(Br)c1O. The summed E-state index contributed by atoms with van der Waals surface area (Å²) < 4.78 is 6.19. The zero-order valence-corrected chi connectivity index (χ0v) is 25.9. The highest BCUT2D eigenvalue weighted by atomic mass is 79.9. The number of phenols is 1. The van der Waals surface area contributed by atoms with Gasteiger partial charge in [0.2, 0.25) is 10.9 Å². The number of ether oxygens (including phenoxy) is 1. The fraction of sp³-hybridized carbons (Fsp3) is 0.192. The first-order chi connectivity index (χ1) is 19.1. The zero-order valence-electron chi connectivity index (χ0n) is 21.1. The van der Waals surface area contributed by atoms with Crippen molar-refractivity contribution < 1.29 is 24.5 Å². The van der Waals surface area contributed by atoms with Crippen molar-refractivity contribution in [3.8, 4) is 11.5 Å². The molecule has 40 heavy (non-hydrogen) atoms. The maximum Gasteiger partial charge on any atom is 0.296 e. The Balaban J connectivity index is 1.56. The van der Waals surface area contributed by atoms with Crippen LogP contribution in [0.3, 0.4) is 0 Å². The summed E-state index contributed by atoms with van der Waals surface area (Å²) in [5, 5.41) is 31.5.